The van der Waals surface area contributed by atoms with E-state index >= 15 is 0 Å². The third kappa shape index (κ3) is 5.23. The van der Waals surface area contributed by atoms with Crippen LogP contribution >= 0.6 is 0 Å². The molecule has 0 atom stereocenters. The van der Waals surface area contributed by atoms with E-state index in [2.05, 4.69) is 0 Å². The standard InChI is InChI=1S/C11H16F3NO2/c1-8-5-9(17-10(8)6-15)7-16-4-2-3-11(12,13)14/h5H,2-4,6-7,15H2,1H3. The molecule has 0 amide bonds. The van der Waals surface area contributed by atoms with Gasteiger partial charge in [-0.1, -0.05) is 0 Å². The predicted octanol–water partition coefficient (Wildman–Crippen LogP) is 2.91. The second-order valence-corrected chi connectivity index (χ2v) is 3.79. The Bertz CT molecular complexity index is 347. The van der Waals surface area contributed by atoms with Crippen LogP contribution in [0.5, 0.6) is 0 Å². The summed E-state index contributed by atoms with van der Waals surface area (Å²) in [6.45, 7) is 2.41. The second kappa shape index (κ2) is 6.07. The molecule has 1 aromatic heterocycles. The minimum absolute atomic E-state index is 0.0348. The molecule has 1 heterocycles. The first-order valence-electron chi connectivity index (χ1n) is 5.35. The summed E-state index contributed by atoms with van der Waals surface area (Å²) < 4.78 is 45.9. The molecule has 0 spiro atoms. The van der Waals surface area contributed by atoms with Gasteiger partial charge in [-0.3, -0.25) is 0 Å². The van der Waals surface area contributed by atoms with Gasteiger partial charge in [0.25, 0.3) is 0 Å². The Balaban J connectivity index is 2.22. The molecule has 6 heteroatoms. The number of rotatable bonds is 6. The largest absolute Gasteiger partial charge is 0.462 e. The summed E-state index contributed by atoms with van der Waals surface area (Å²) in [4.78, 5) is 0. The van der Waals surface area contributed by atoms with Crippen molar-refractivity contribution in [1.29, 1.82) is 0 Å². The third-order valence-corrected chi connectivity index (χ3v) is 2.25. The number of aryl methyl sites for hydroxylation is 1. The zero-order valence-electron chi connectivity index (χ0n) is 9.64. The number of furan rings is 1. The molecule has 0 saturated carbocycles. The minimum Gasteiger partial charge on any atom is -0.462 e. The van der Waals surface area contributed by atoms with E-state index in [-0.39, 0.29) is 19.6 Å². The molecule has 0 aliphatic carbocycles. The SMILES string of the molecule is Cc1cc(COCCCC(F)(F)F)oc1CN. The second-order valence-electron chi connectivity index (χ2n) is 3.79. The Kier molecular flexibility index (Phi) is 5.02. The van der Waals surface area contributed by atoms with Crippen molar-refractivity contribution < 1.29 is 22.3 Å². The molecule has 0 unspecified atom stereocenters. The van der Waals surface area contributed by atoms with E-state index in [4.69, 9.17) is 14.9 Å². The van der Waals surface area contributed by atoms with Crippen LogP contribution < -0.4 is 5.73 Å². The number of nitrogens with two attached hydrogens (primary N) is 1. The van der Waals surface area contributed by atoms with Gasteiger partial charge in [-0.2, -0.15) is 13.2 Å². The molecular formula is C11H16F3NO2. The summed E-state index contributed by atoms with van der Waals surface area (Å²) in [6.07, 6.45) is -4.97. The molecule has 0 aliphatic heterocycles. The van der Waals surface area contributed by atoms with Gasteiger partial charge in [0.05, 0.1) is 6.54 Å². The lowest BCUT2D eigenvalue weighted by Crippen LogP contribution is -2.08. The van der Waals surface area contributed by atoms with Gasteiger partial charge in [-0.05, 0) is 25.0 Å². The van der Waals surface area contributed by atoms with Gasteiger partial charge in [0.15, 0.2) is 0 Å². The monoisotopic (exact) mass is 251 g/mol. The summed E-state index contributed by atoms with van der Waals surface area (Å²) in [5, 5.41) is 0. The van der Waals surface area contributed by atoms with Gasteiger partial charge in [0, 0.05) is 13.0 Å². The lowest BCUT2D eigenvalue weighted by Gasteiger charge is -2.05. The fraction of sp³-hybridized carbons (Fsp3) is 0.636. The number of hydrogen-bond donors (Lipinski definition) is 1. The van der Waals surface area contributed by atoms with E-state index in [9.17, 15) is 13.2 Å². The van der Waals surface area contributed by atoms with Gasteiger partial charge in [-0.15, -0.1) is 0 Å². The zero-order valence-corrected chi connectivity index (χ0v) is 9.64. The van der Waals surface area contributed by atoms with Crippen molar-refractivity contribution in [3.63, 3.8) is 0 Å². The van der Waals surface area contributed by atoms with Gasteiger partial charge in [0.2, 0.25) is 0 Å². The van der Waals surface area contributed by atoms with Gasteiger partial charge >= 0.3 is 6.18 Å². The summed E-state index contributed by atoms with van der Waals surface area (Å²) >= 11 is 0. The third-order valence-electron chi connectivity index (χ3n) is 2.25. The molecule has 1 rings (SSSR count). The summed E-state index contributed by atoms with van der Waals surface area (Å²) in [5.41, 5.74) is 6.36. The summed E-state index contributed by atoms with van der Waals surface area (Å²) in [7, 11) is 0. The zero-order chi connectivity index (χ0) is 12.9. The fourth-order valence-electron chi connectivity index (χ4n) is 1.41. The van der Waals surface area contributed by atoms with Gasteiger partial charge < -0.3 is 14.9 Å². The summed E-state index contributed by atoms with van der Waals surface area (Å²) in [5.74, 6) is 1.27. The van der Waals surface area contributed by atoms with Crippen LogP contribution in [0.15, 0.2) is 10.5 Å². The molecule has 1 aromatic rings. The number of alkyl halides is 3. The van der Waals surface area contributed by atoms with Crippen molar-refractivity contribution in [2.75, 3.05) is 6.61 Å². The smallest absolute Gasteiger partial charge is 0.389 e. The maximum absolute atomic E-state index is 11.8. The van der Waals surface area contributed by atoms with Gasteiger partial charge in [-0.25, -0.2) is 0 Å². The first-order valence-corrected chi connectivity index (χ1v) is 5.35. The lowest BCUT2D eigenvalue weighted by atomic mass is 10.2. The lowest BCUT2D eigenvalue weighted by molar-refractivity contribution is -0.138. The van der Waals surface area contributed by atoms with Crippen molar-refractivity contribution in [2.45, 2.75) is 39.1 Å². The fourth-order valence-corrected chi connectivity index (χ4v) is 1.41. The van der Waals surface area contributed by atoms with Crippen LogP contribution in [0.1, 0.15) is 29.9 Å². The number of ether oxygens (including phenoxy) is 1. The van der Waals surface area contributed by atoms with E-state index < -0.39 is 12.6 Å². The Hall–Kier alpha value is -1.01. The van der Waals surface area contributed by atoms with E-state index in [1.165, 1.54) is 0 Å². The normalized spacial score (nSPS) is 12.1. The molecule has 0 saturated heterocycles. The highest BCUT2D eigenvalue weighted by Crippen LogP contribution is 2.21. The van der Waals surface area contributed by atoms with Crippen molar-refractivity contribution >= 4 is 0 Å². The van der Waals surface area contributed by atoms with E-state index in [1.54, 1.807) is 6.07 Å². The van der Waals surface area contributed by atoms with Crippen LogP contribution in [-0.2, 0) is 17.9 Å². The number of halogens is 3. The van der Waals surface area contributed by atoms with Crippen molar-refractivity contribution in [2.24, 2.45) is 5.73 Å². The first kappa shape index (κ1) is 14.1. The Morgan fingerprint density at radius 3 is 2.65 bits per heavy atom. The topological polar surface area (TPSA) is 48.4 Å². The van der Waals surface area contributed by atoms with Crippen LogP contribution in [0.4, 0.5) is 13.2 Å². The van der Waals surface area contributed by atoms with Crippen LogP contribution in [0, 0.1) is 6.92 Å². The van der Waals surface area contributed by atoms with Crippen molar-refractivity contribution in [3.05, 3.63) is 23.2 Å². The van der Waals surface area contributed by atoms with E-state index in [0.29, 0.717) is 18.1 Å². The van der Waals surface area contributed by atoms with Crippen molar-refractivity contribution in [3.8, 4) is 0 Å². The quantitative estimate of drug-likeness (QED) is 0.791. The number of hydrogen-bond acceptors (Lipinski definition) is 3. The molecule has 0 aliphatic rings. The summed E-state index contributed by atoms with van der Waals surface area (Å²) in [6, 6.07) is 1.78. The molecule has 2 N–H and O–H groups in total. The van der Waals surface area contributed by atoms with Crippen LogP contribution in [0.25, 0.3) is 0 Å². The Morgan fingerprint density at radius 2 is 2.12 bits per heavy atom. The molecule has 17 heavy (non-hydrogen) atoms. The average molecular weight is 251 g/mol. The highest BCUT2D eigenvalue weighted by atomic mass is 19.4. The molecule has 0 bridgehead atoms. The molecule has 3 nitrogen and oxygen atoms in total. The minimum atomic E-state index is -4.11. The Labute approximate surface area is 97.7 Å². The molecule has 0 aromatic carbocycles. The van der Waals surface area contributed by atoms with Crippen LogP contribution in [-0.4, -0.2) is 12.8 Å². The maximum Gasteiger partial charge on any atom is 0.389 e. The predicted molar refractivity (Wildman–Crippen MR) is 56.3 cm³/mol. The van der Waals surface area contributed by atoms with Crippen LogP contribution in [0.2, 0.25) is 0 Å². The van der Waals surface area contributed by atoms with Crippen LogP contribution in [0.3, 0.4) is 0 Å². The molecule has 0 radical (unpaired) electrons. The first-order chi connectivity index (χ1) is 7.92. The van der Waals surface area contributed by atoms with E-state index in [1.807, 2.05) is 6.92 Å². The molecule has 98 valence electrons. The maximum atomic E-state index is 11.8. The van der Waals surface area contributed by atoms with Crippen molar-refractivity contribution in [1.82, 2.24) is 0 Å². The average Bonchev–Trinajstić information content (AvgIpc) is 2.57. The highest BCUT2D eigenvalue weighted by Gasteiger charge is 2.25. The molecular weight excluding hydrogens is 235 g/mol. The van der Waals surface area contributed by atoms with Gasteiger partial charge in [0.1, 0.15) is 18.1 Å². The Morgan fingerprint density at radius 1 is 1.41 bits per heavy atom. The molecule has 0 fully saturated rings. The highest BCUT2D eigenvalue weighted by molar-refractivity contribution is 5.19. The van der Waals surface area contributed by atoms with E-state index in [0.717, 1.165) is 5.56 Å².